The van der Waals surface area contributed by atoms with Gasteiger partial charge in [-0.1, -0.05) is 28.4 Å². The largest absolute Gasteiger partial charge is 0.416 e. The van der Waals surface area contributed by atoms with Crippen LogP contribution in [0.3, 0.4) is 0 Å². The summed E-state index contributed by atoms with van der Waals surface area (Å²) in [6.07, 6.45) is -3.77. The molecule has 3 N–H and O–H groups in total. The van der Waals surface area contributed by atoms with Crippen molar-refractivity contribution in [3.63, 3.8) is 0 Å². The molecule has 6 nitrogen and oxygen atoms in total. The van der Waals surface area contributed by atoms with Crippen LogP contribution in [0.1, 0.15) is 16.8 Å². The average molecular weight is 364 g/mol. The Morgan fingerprint density at radius 3 is 2.35 bits per heavy atom. The molecule has 1 heterocycles. The SMILES string of the molecule is N#Cc1nn(-c2c(Cl)cc(C(F)(F)F)cc2Cl)c(N)c1C=NO. The topological polar surface area (TPSA) is 100 Å². The van der Waals surface area contributed by atoms with E-state index in [0.29, 0.717) is 12.1 Å². The Hall–Kier alpha value is -2.44. The van der Waals surface area contributed by atoms with E-state index in [1.807, 2.05) is 0 Å². The van der Waals surface area contributed by atoms with E-state index in [2.05, 4.69) is 10.3 Å². The van der Waals surface area contributed by atoms with Crippen molar-refractivity contribution in [1.29, 1.82) is 5.26 Å². The number of rotatable bonds is 2. The number of nitrogens with zero attached hydrogens (tertiary/aromatic N) is 4. The van der Waals surface area contributed by atoms with E-state index >= 15 is 0 Å². The summed E-state index contributed by atoms with van der Waals surface area (Å²) in [4.78, 5) is 0. The number of hydrogen-bond acceptors (Lipinski definition) is 5. The molecular weight excluding hydrogens is 358 g/mol. The number of nitrogens with two attached hydrogens (primary N) is 1. The fourth-order valence-electron chi connectivity index (χ4n) is 1.81. The molecule has 0 atom stereocenters. The first-order valence-corrected chi connectivity index (χ1v) is 6.49. The number of anilines is 1. The van der Waals surface area contributed by atoms with Gasteiger partial charge in [-0.15, -0.1) is 0 Å². The first-order chi connectivity index (χ1) is 10.7. The number of nitrogen functional groups attached to an aromatic ring is 1. The fourth-order valence-corrected chi connectivity index (χ4v) is 2.46. The van der Waals surface area contributed by atoms with Crippen LogP contribution in [0.4, 0.5) is 19.0 Å². The minimum atomic E-state index is -4.63. The molecule has 0 amide bonds. The van der Waals surface area contributed by atoms with E-state index < -0.39 is 11.7 Å². The van der Waals surface area contributed by atoms with Gasteiger partial charge in [0, 0.05) is 0 Å². The van der Waals surface area contributed by atoms with Crippen LogP contribution < -0.4 is 5.73 Å². The van der Waals surface area contributed by atoms with Gasteiger partial charge in [0.15, 0.2) is 5.69 Å². The summed E-state index contributed by atoms with van der Waals surface area (Å²) in [5.41, 5.74) is 4.35. The number of aromatic nitrogens is 2. The lowest BCUT2D eigenvalue weighted by Gasteiger charge is -2.13. The Kier molecular flexibility index (Phi) is 4.40. The Balaban J connectivity index is 2.72. The maximum absolute atomic E-state index is 12.7. The maximum atomic E-state index is 12.7. The quantitative estimate of drug-likeness (QED) is 0.484. The summed E-state index contributed by atoms with van der Waals surface area (Å²) in [7, 11) is 0. The van der Waals surface area contributed by atoms with E-state index in [4.69, 9.17) is 39.4 Å². The molecule has 0 aliphatic carbocycles. The number of hydrogen-bond donors (Lipinski definition) is 2. The van der Waals surface area contributed by atoms with Gasteiger partial charge in [0.2, 0.25) is 0 Å². The van der Waals surface area contributed by atoms with E-state index in [1.165, 1.54) is 0 Å². The Labute approximate surface area is 137 Å². The molecule has 1 aromatic heterocycles. The van der Waals surface area contributed by atoms with Crippen molar-refractivity contribution in [3.8, 4) is 11.8 Å². The summed E-state index contributed by atoms with van der Waals surface area (Å²) in [5, 5.41) is 23.4. The number of halogens is 5. The molecule has 0 bridgehead atoms. The van der Waals surface area contributed by atoms with Crippen LogP contribution in [0, 0.1) is 11.3 Å². The molecule has 2 aromatic rings. The van der Waals surface area contributed by atoms with Crippen LogP contribution >= 0.6 is 23.2 Å². The zero-order valence-electron chi connectivity index (χ0n) is 10.9. The predicted octanol–water partition coefficient (Wildman–Crippen LogP) is 3.46. The van der Waals surface area contributed by atoms with E-state index in [-0.39, 0.29) is 32.8 Å². The Morgan fingerprint density at radius 1 is 1.35 bits per heavy atom. The van der Waals surface area contributed by atoms with E-state index in [0.717, 1.165) is 10.9 Å². The molecule has 11 heteroatoms. The van der Waals surface area contributed by atoms with Crippen LogP contribution in [0.2, 0.25) is 10.0 Å². The van der Waals surface area contributed by atoms with Crippen molar-refractivity contribution in [2.24, 2.45) is 5.16 Å². The Morgan fingerprint density at radius 2 is 1.91 bits per heavy atom. The van der Waals surface area contributed by atoms with Gasteiger partial charge in [0.1, 0.15) is 17.6 Å². The Bertz CT molecular complexity index is 815. The molecule has 23 heavy (non-hydrogen) atoms. The van der Waals surface area contributed by atoms with Crippen LogP contribution in [-0.2, 0) is 6.18 Å². The molecule has 2 rings (SSSR count). The molecule has 120 valence electrons. The van der Waals surface area contributed by atoms with Gasteiger partial charge < -0.3 is 10.9 Å². The minimum absolute atomic E-state index is 0.0259. The highest BCUT2D eigenvalue weighted by atomic mass is 35.5. The summed E-state index contributed by atoms with van der Waals surface area (Å²) in [6.45, 7) is 0. The molecule has 0 unspecified atom stereocenters. The van der Waals surface area contributed by atoms with E-state index in [9.17, 15) is 13.2 Å². The third-order valence-corrected chi connectivity index (χ3v) is 3.38. The van der Waals surface area contributed by atoms with Crippen LogP contribution in [0.15, 0.2) is 17.3 Å². The van der Waals surface area contributed by atoms with Crippen LogP contribution in [0.25, 0.3) is 5.69 Å². The third-order valence-electron chi connectivity index (χ3n) is 2.81. The first kappa shape index (κ1) is 16.9. The average Bonchev–Trinajstić information content (AvgIpc) is 2.75. The number of benzene rings is 1. The number of nitriles is 1. The van der Waals surface area contributed by atoms with Crippen molar-refractivity contribution in [3.05, 3.63) is 39.0 Å². The van der Waals surface area contributed by atoms with Gasteiger partial charge in [-0.05, 0) is 12.1 Å². The highest BCUT2D eigenvalue weighted by Gasteiger charge is 2.32. The normalized spacial score (nSPS) is 11.8. The van der Waals surface area contributed by atoms with Crippen LogP contribution in [-0.4, -0.2) is 21.2 Å². The zero-order valence-corrected chi connectivity index (χ0v) is 12.4. The maximum Gasteiger partial charge on any atom is 0.416 e. The second kappa shape index (κ2) is 5.98. The molecule has 1 aromatic carbocycles. The van der Waals surface area contributed by atoms with Gasteiger partial charge >= 0.3 is 6.18 Å². The lowest BCUT2D eigenvalue weighted by Crippen LogP contribution is -2.08. The first-order valence-electron chi connectivity index (χ1n) is 5.73. The monoisotopic (exact) mass is 363 g/mol. The molecule has 0 aliphatic rings. The molecule has 0 aliphatic heterocycles. The van der Waals surface area contributed by atoms with Crippen molar-refractivity contribution < 1.29 is 18.4 Å². The molecule has 0 radical (unpaired) electrons. The highest BCUT2D eigenvalue weighted by molar-refractivity contribution is 6.38. The zero-order chi connectivity index (χ0) is 17.4. The molecule has 0 spiro atoms. The predicted molar refractivity (Wildman–Crippen MR) is 77.1 cm³/mol. The van der Waals surface area contributed by atoms with Crippen molar-refractivity contribution in [1.82, 2.24) is 9.78 Å². The van der Waals surface area contributed by atoms with Gasteiger partial charge in [-0.3, -0.25) is 0 Å². The summed E-state index contributed by atoms with van der Waals surface area (Å²) >= 11 is 11.7. The summed E-state index contributed by atoms with van der Waals surface area (Å²) in [5.74, 6) is -0.178. The standard InChI is InChI=1S/C12H6Cl2F3N5O/c13-7-1-5(12(15,16)17)2-8(14)10(7)22-11(19)6(4-20-23)9(3-18)21-22/h1-2,4,23H,19H2. The third kappa shape index (κ3) is 3.04. The number of alkyl halides is 3. The summed E-state index contributed by atoms with van der Waals surface area (Å²) in [6, 6.07) is 3.03. The molecular formula is C12H6Cl2F3N5O. The van der Waals surface area contributed by atoms with Crippen molar-refractivity contribution in [2.45, 2.75) is 6.18 Å². The van der Waals surface area contributed by atoms with Crippen molar-refractivity contribution >= 4 is 35.2 Å². The van der Waals surface area contributed by atoms with E-state index in [1.54, 1.807) is 6.07 Å². The molecule has 0 saturated carbocycles. The molecule has 0 fully saturated rings. The van der Waals surface area contributed by atoms with Crippen LogP contribution in [0.5, 0.6) is 0 Å². The summed E-state index contributed by atoms with van der Waals surface area (Å²) < 4.78 is 39.1. The highest BCUT2D eigenvalue weighted by Crippen LogP contribution is 2.38. The minimum Gasteiger partial charge on any atom is -0.411 e. The fraction of sp³-hybridized carbons (Fsp3) is 0.0833. The second-order valence-electron chi connectivity index (χ2n) is 4.20. The second-order valence-corrected chi connectivity index (χ2v) is 5.02. The smallest absolute Gasteiger partial charge is 0.411 e. The van der Waals surface area contributed by atoms with Crippen molar-refractivity contribution in [2.75, 3.05) is 5.73 Å². The van der Waals surface area contributed by atoms with Gasteiger partial charge in [0.25, 0.3) is 0 Å². The lowest BCUT2D eigenvalue weighted by molar-refractivity contribution is -0.137. The van der Waals surface area contributed by atoms with Gasteiger partial charge in [-0.25, -0.2) is 4.68 Å². The van der Waals surface area contributed by atoms with Gasteiger partial charge in [-0.2, -0.15) is 23.5 Å². The number of oxime groups is 1. The molecule has 0 saturated heterocycles. The van der Waals surface area contributed by atoms with Gasteiger partial charge in [0.05, 0.1) is 27.4 Å². The lowest BCUT2D eigenvalue weighted by atomic mass is 10.2.